The van der Waals surface area contributed by atoms with Crippen LogP contribution in [0.5, 0.6) is 0 Å². The van der Waals surface area contributed by atoms with Gasteiger partial charge in [0, 0.05) is 0 Å². The molecule has 4 aromatic carbocycles. The number of aromatic nitrogens is 3. The number of fused-ring (bicyclic) bond motifs is 1. The molecule has 5 rings (SSSR count). The van der Waals surface area contributed by atoms with Crippen LogP contribution in [0.2, 0.25) is 0 Å². The predicted octanol–water partition coefficient (Wildman–Crippen LogP) is 6.87. The SMILES string of the molecule is Cc1ccccc1N(C)[P+](On1nnc2ccccc21)(N(C)c1ccccc1C)N(C)c1ccccc1C. The van der Waals surface area contributed by atoms with Gasteiger partial charge in [-0.1, -0.05) is 66.7 Å². The number of aryl methyl sites for hydroxylation is 3. The monoisotopic (exact) mass is 525 g/mol. The Hall–Kier alpha value is -4.09. The molecule has 0 radical (unpaired) electrons. The van der Waals surface area contributed by atoms with Crippen molar-refractivity contribution in [3.8, 4) is 0 Å². The van der Waals surface area contributed by atoms with Crippen molar-refractivity contribution >= 4 is 36.0 Å². The molecule has 0 aliphatic carbocycles. The lowest BCUT2D eigenvalue weighted by Gasteiger charge is -2.42. The number of rotatable bonds is 8. The Bertz CT molecular complexity index is 1440. The fourth-order valence-corrected chi connectivity index (χ4v) is 8.36. The summed E-state index contributed by atoms with van der Waals surface area (Å²) in [4.78, 5) is 1.58. The number of anilines is 3. The van der Waals surface area contributed by atoms with Gasteiger partial charge in [0.25, 0.3) is 0 Å². The maximum atomic E-state index is 7.20. The molecule has 0 bridgehead atoms. The zero-order valence-corrected chi connectivity index (χ0v) is 23.7. The van der Waals surface area contributed by atoms with Gasteiger partial charge >= 0.3 is 7.94 Å². The van der Waals surface area contributed by atoms with Crippen LogP contribution >= 0.6 is 7.94 Å². The lowest BCUT2D eigenvalue weighted by molar-refractivity contribution is 0.252. The summed E-state index contributed by atoms with van der Waals surface area (Å²) in [7, 11) is 3.38. The maximum Gasteiger partial charge on any atom is 0.521 e. The van der Waals surface area contributed by atoms with E-state index in [2.05, 4.69) is 139 Å². The van der Waals surface area contributed by atoms with Crippen LogP contribution in [-0.2, 0) is 0 Å². The van der Waals surface area contributed by atoms with E-state index >= 15 is 0 Å². The fourth-order valence-electron chi connectivity index (χ4n) is 4.98. The second-order valence-corrected chi connectivity index (χ2v) is 12.5. The van der Waals surface area contributed by atoms with Gasteiger partial charge in [0.1, 0.15) is 11.0 Å². The highest BCUT2D eigenvalue weighted by Gasteiger charge is 2.61. The van der Waals surface area contributed by atoms with Crippen LogP contribution in [-0.4, -0.2) is 36.3 Å². The quantitative estimate of drug-likeness (QED) is 0.206. The molecule has 0 saturated heterocycles. The molecule has 0 fully saturated rings. The molecule has 8 heteroatoms. The van der Waals surface area contributed by atoms with E-state index < -0.39 is 7.94 Å². The molecule has 0 amide bonds. The van der Waals surface area contributed by atoms with Gasteiger partial charge in [-0.25, -0.2) is 0 Å². The number of para-hydroxylation sites is 4. The van der Waals surface area contributed by atoms with Crippen LogP contribution in [0.3, 0.4) is 0 Å². The number of hydrogen-bond acceptors (Lipinski definition) is 6. The van der Waals surface area contributed by atoms with Crippen molar-refractivity contribution in [3.05, 3.63) is 114 Å². The molecule has 194 valence electrons. The molecule has 0 atom stereocenters. The Morgan fingerprint density at radius 3 is 1.42 bits per heavy atom. The second kappa shape index (κ2) is 10.3. The zero-order valence-electron chi connectivity index (χ0n) is 22.8. The molecule has 5 aromatic rings. The van der Waals surface area contributed by atoms with E-state index in [1.165, 1.54) is 0 Å². The Kier molecular flexibility index (Phi) is 6.96. The Morgan fingerprint density at radius 1 is 0.579 bits per heavy atom. The molecule has 0 saturated carbocycles. The van der Waals surface area contributed by atoms with Crippen LogP contribution in [0, 0.1) is 20.8 Å². The Morgan fingerprint density at radius 2 is 0.974 bits per heavy atom. The van der Waals surface area contributed by atoms with Gasteiger partial charge in [0.05, 0.1) is 38.2 Å². The highest BCUT2D eigenvalue weighted by molar-refractivity contribution is 7.76. The number of nitrogens with zero attached hydrogens (tertiary/aromatic N) is 6. The second-order valence-electron chi connectivity index (χ2n) is 9.48. The van der Waals surface area contributed by atoms with Gasteiger partial charge in [-0.15, -0.1) is 5.10 Å². The zero-order chi connectivity index (χ0) is 26.9. The third kappa shape index (κ3) is 4.33. The van der Waals surface area contributed by atoms with E-state index in [4.69, 9.17) is 4.62 Å². The fraction of sp³-hybridized carbons (Fsp3) is 0.200. The molecule has 38 heavy (non-hydrogen) atoms. The lowest BCUT2D eigenvalue weighted by Crippen LogP contribution is -2.47. The topological polar surface area (TPSA) is 49.7 Å². The van der Waals surface area contributed by atoms with Gasteiger partial charge in [-0.2, -0.15) is 18.6 Å². The van der Waals surface area contributed by atoms with Crippen molar-refractivity contribution in [2.45, 2.75) is 20.8 Å². The first kappa shape index (κ1) is 25.6. The molecule has 0 spiro atoms. The molecule has 0 N–H and O–H groups in total. The molecule has 0 aliphatic heterocycles. The number of benzene rings is 4. The van der Waals surface area contributed by atoms with Crippen molar-refractivity contribution in [2.75, 3.05) is 35.2 Å². The van der Waals surface area contributed by atoms with Gasteiger partial charge in [-0.3, -0.25) is 0 Å². The summed E-state index contributed by atoms with van der Waals surface area (Å²) in [5.41, 5.74) is 8.28. The highest BCUT2D eigenvalue weighted by atomic mass is 31.2. The summed E-state index contributed by atoms with van der Waals surface area (Å²) in [5.74, 6) is 0. The summed E-state index contributed by atoms with van der Waals surface area (Å²) in [5, 5.41) is 8.87. The number of hydrogen-bond donors (Lipinski definition) is 0. The molecular formula is C30H34N6OP+. The van der Waals surface area contributed by atoms with Gasteiger partial charge < -0.3 is 0 Å². The van der Waals surface area contributed by atoms with Gasteiger partial charge in [0.2, 0.25) is 0 Å². The third-order valence-electron chi connectivity index (χ3n) is 7.07. The van der Waals surface area contributed by atoms with E-state index in [-0.39, 0.29) is 0 Å². The Labute approximate surface area is 225 Å². The average Bonchev–Trinajstić information content (AvgIpc) is 3.34. The first-order valence-electron chi connectivity index (χ1n) is 12.6. The molecule has 7 nitrogen and oxygen atoms in total. The first-order chi connectivity index (χ1) is 18.3. The van der Waals surface area contributed by atoms with E-state index in [0.717, 1.165) is 44.8 Å². The summed E-state index contributed by atoms with van der Waals surface area (Å²) < 4.78 is 14.0. The summed E-state index contributed by atoms with van der Waals surface area (Å²) in [6, 6.07) is 33.1. The minimum Gasteiger partial charge on any atom is -0.178 e. The average molecular weight is 526 g/mol. The molecular weight excluding hydrogens is 491 g/mol. The van der Waals surface area contributed by atoms with E-state index in [1.54, 1.807) is 4.85 Å². The maximum absolute atomic E-state index is 7.20. The minimum atomic E-state index is -2.95. The van der Waals surface area contributed by atoms with Crippen LogP contribution in [0.25, 0.3) is 11.0 Å². The largest absolute Gasteiger partial charge is 0.521 e. The lowest BCUT2D eigenvalue weighted by atomic mass is 10.2. The minimum absolute atomic E-state index is 0.779. The normalized spacial score (nSPS) is 11.4. The van der Waals surface area contributed by atoms with Crippen LogP contribution in [0.4, 0.5) is 17.1 Å². The van der Waals surface area contributed by atoms with Gasteiger partial charge in [0.15, 0.2) is 0 Å². The summed E-state index contributed by atoms with van der Waals surface area (Å²) >= 11 is 0. The Balaban J connectivity index is 1.81. The van der Waals surface area contributed by atoms with Crippen molar-refractivity contribution in [1.82, 2.24) is 15.2 Å². The van der Waals surface area contributed by atoms with Crippen LogP contribution in [0.15, 0.2) is 97.1 Å². The standard InChI is InChI=1S/C30H34N6OP/c1-23-15-7-11-19-27(23)33(4)38(34(5)28-20-12-8-16-24(28)2,35(6)29-21-13-9-17-25(29)3)37-36-30-22-14-10-18-26(30)31-32-36/h7-22H,1-6H3/q+1. The molecule has 0 aliphatic rings. The molecule has 0 unspecified atom stereocenters. The third-order valence-corrected chi connectivity index (χ3v) is 10.4. The molecule has 1 heterocycles. The summed E-state index contributed by atoms with van der Waals surface area (Å²) in [6.45, 7) is 6.40. The first-order valence-corrected chi connectivity index (χ1v) is 14.2. The smallest absolute Gasteiger partial charge is 0.178 e. The van der Waals surface area contributed by atoms with Crippen LogP contribution in [0.1, 0.15) is 16.7 Å². The predicted molar refractivity (Wildman–Crippen MR) is 160 cm³/mol. The van der Waals surface area contributed by atoms with Crippen molar-refractivity contribution in [3.63, 3.8) is 0 Å². The highest BCUT2D eigenvalue weighted by Crippen LogP contribution is 2.68. The molecule has 1 aromatic heterocycles. The van der Waals surface area contributed by atoms with E-state index in [9.17, 15) is 0 Å². The van der Waals surface area contributed by atoms with Crippen molar-refractivity contribution in [1.29, 1.82) is 0 Å². The van der Waals surface area contributed by atoms with Crippen molar-refractivity contribution < 1.29 is 4.62 Å². The van der Waals surface area contributed by atoms with Crippen LogP contribution < -0.4 is 18.6 Å². The van der Waals surface area contributed by atoms with E-state index in [1.807, 2.05) is 24.3 Å². The van der Waals surface area contributed by atoms with Crippen molar-refractivity contribution in [2.24, 2.45) is 0 Å². The van der Waals surface area contributed by atoms with E-state index in [0.29, 0.717) is 0 Å². The summed E-state index contributed by atoms with van der Waals surface area (Å²) in [6.07, 6.45) is 0. The van der Waals surface area contributed by atoms with Gasteiger partial charge in [-0.05, 0) is 77.9 Å².